The molecule has 9 heteroatoms. The molecular weight excluding hydrogens is 412 g/mol. The Hall–Kier alpha value is -1.58. The minimum Gasteiger partial charge on any atom is -0.355 e. The SMILES string of the molecule is CCCNC(=O)CSc1nnc(SC(C(=O)N2CCCC2)c2ccccc2)s1. The minimum atomic E-state index is -0.321. The molecule has 0 saturated carbocycles. The van der Waals surface area contributed by atoms with Gasteiger partial charge in [0.1, 0.15) is 5.25 Å². The lowest BCUT2D eigenvalue weighted by molar-refractivity contribution is -0.129. The van der Waals surface area contributed by atoms with Crippen molar-refractivity contribution in [2.45, 2.75) is 40.1 Å². The van der Waals surface area contributed by atoms with E-state index >= 15 is 0 Å². The second-order valence-electron chi connectivity index (χ2n) is 6.41. The highest BCUT2D eigenvalue weighted by Crippen LogP contribution is 2.40. The van der Waals surface area contributed by atoms with Crippen LogP contribution in [0.4, 0.5) is 0 Å². The van der Waals surface area contributed by atoms with Crippen LogP contribution in [0, 0.1) is 0 Å². The summed E-state index contributed by atoms with van der Waals surface area (Å²) in [5, 5.41) is 10.9. The molecule has 0 spiro atoms. The molecule has 2 aromatic rings. The Morgan fingerprint density at radius 2 is 1.89 bits per heavy atom. The van der Waals surface area contributed by atoms with Crippen LogP contribution >= 0.6 is 34.9 Å². The Balaban J connectivity index is 1.65. The van der Waals surface area contributed by atoms with E-state index < -0.39 is 0 Å². The van der Waals surface area contributed by atoms with Crippen LogP contribution in [0.5, 0.6) is 0 Å². The Bertz CT molecular complexity index is 778. The molecule has 1 atom stereocenters. The molecule has 6 nitrogen and oxygen atoms in total. The molecule has 28 heavy (non-hydrogen) atoms. The van der Waals surface area contributed by atoms with Gasteiger partial charge in [-0.3, -0.25) is 9.59 Å². The van der Waals surface area contributed by atoms with Crippen LogP contribution in [0.1, 0.15) is 37.0 Å². The normalized spacial score (nSPS) is 14.8. The number of hydrogen-bond acceptors (Lipinski definition) is 7. The standard InChI is InChI=1S/C19H24N4O2S3/c1-2-10-20-15(24)13-26-18-21-22-19(28-18)27-16(14-8-4-3-5-9-14)17(25)23-11-6-7-12-23/h3-5,8-9,16H,2,6-7,10-13H2,1H3,(H,20,24). The molecule has 1 N–H and O–H groups in total. The third-order valence-electron chi connectivity index (χ3n) is 4.25. The van der Waals surface area contributed by atoms with Crippen molar-refractivity contribution in [3.63, 3.8) is 0 Å². The average molecular weight is 437 g/mol. The summed E-state index contributed by atoms with van der Waals surface area (Å²) in [6.07, 6.45) is 3.05. The minimum absolute atomic E-state index is 0.00243. The van der Waals surface area contributed by atoms with Crippen molar-refractivity contribution in [3.05, 3.63) is 35.9 Å². The predicted octanol–water partition coefficient (Wildman–Crippen LogP) is 3.61. The van der Waals surface area contributed by atoms with Gasteiger partial charge in [0, 0.05) is 19.6 Å². The summed E-state index contributed by atoms with van der Waals surface area (Å²) in [6.45, 7) is 4.36. The fourth-order valence-corrected chi connectivity index (χ4v) is 5.96. The van der Waals surface area contributed by atoms with E-state index in [2.05, 4.69) is 15.5 Å². The number of carbonyl (C=O) groups is 2. The van der Waals surface area contributed by atoms with Gasteiger partial charge in [-0.15, -0.1) is 10.2 Å². The molecule has 1 saturated heterocycles. The second kappa shape index (κ2) is 10.8. The first kappa shape index (κ1) is 21.1. The van der Waals surface area contributed by atoms with Gasteiger partial charge in [0.25, 0.3) is 0 Å². The number of nitrogens with one attached hydrogen (secondary N) is 1. The summed E-state index contributed by atoms with van der Waals surface area (Å²) in [6, 6.07) is 9.84. The van der Waals surface area contributed by atoms with E-state index in [1.54, 1.807) is 0 Å². The third kappa shape index (κ3) is 5.96. The van der Waals surface area contributed by atoms with Crippen LogP contribution in [0.15, 0.2) is 39.0 Å². The van der Waals surface area contributed by atoms with Crippen LogP contribution in [0.3, 0.4) is 0 Å². The summed E-state index contributed by atoms with van der Waals surface area (Å²) >= 11 is 4.26. The van der Waals surface area contributed by atoms with Crippen LogP contribution in [-0.2, 0) is 9.59 Å². The molecule has 3 rings (SSSR count). The molecule has 1 aromatic carbocycles. The van der Waals surface area contributed by atoms with Crippen molar-refractivity contribution < 1.29 is 9.59 Å². The molecular formula is C19H24N4O2S3. The lowest BCUT2D eigenvalue weighted by atomic mass is 10.1. The zero-order valence-corrected chi connectivity index (χ0v) is 18.2. The van der Waals surface area contributed by atoms with Crippen LogP contribution < -0.4 is 5.32 Å². The lowest BCUT2D eigenvalue weighted by Gasteiger charge is -2.22. The Labute approximate surface area is 177 Å². The first-order valence-electron chi connectivity index (χ1n) is 9.40. The molecule has 1 aliphatic rings. The van der Waals surface area contributed by atoms with Crippen molar-refractivity contribution in [1.82, 2.24) is 20.4 Å². The van der Waals surface area contributed by atoms with Gasteiger partial charge in [-0.2, -0.15) is 0 Å². The van der Waals surface area contributed by atoms with E-state index in [0.717, 1.165) is 46.6 Å². The molecule has 150 valence electrons. The molecule has 1 unspecified atom stereocenters. The Kier molecular flexibility index (Phi) is 8.17. The molecule has 2 amide bonds. The molecule has 0 bridgehead atoms. The predicted molar refractivity (Wildman–Crippen MR) is 115 cm³/mol. The van der Waals surface area contributed by atoms with Crippen molar-refractivity contribution in [3.8, 4) is 0 Å². The van der Waals surface area contributed by atoms with Gasteiger partial charge in [-0.25, -0.2) is 0 Å². The van der Waals surface area contributed by atoms with E-state index in [1.165, 1.54) is 34.9 Å². The van der Waals surface area contributed by atoms with Gasteiger partial charge in [0.05, 0.1) is 5.75 Å². The molecule has 1 fully saturated rings. The smallest absolute Gasteiger partial charge is 0.240 e. The number of aromatic nitrogens is 2. The first-order valence-corrected chi connectivity index (χ1v) is 12.1. The zero-order chi connectivity index (χ0) is 19.8. The van der Waals surface area contributed by atoms with Gasteiger partial charge in [0.15, 0.2) is 8.68 Å². The molecule has 2 heterocycles. The highest BCUT2D eigenvalue weighted by molar-refractivity contribution is 8.04. The van der Waals surface area contributed by atoms with Crippen molar-refractivity contribution in [2.75, 3.05) is 25.4 Å². The average Bonchev–Trinajstić information content (AvgIpc) is 3.41. The third-order valence-corrected chi connectivity index (χ3v) is 7.63. The largest absolute Gasteiger partial charge is 0.355 e. The number of nitrogens with zero attached hydrogens (tertiary/aromatic N) is 3. The maximum atomic E-state index is 13.1. The number of thioether (sulfide) groups is 2. The second-order valence-corrected chi connectivity index (χ2v) is 9.97. The van der Waals surface area contributed by atoms with E-state index in [0.29, 0.717) is 12.3 Å². The van der Waals surface area contributed by atoms with Crippen LogP contribution in [0.2, 0.25) is 0 Å². The molecule has 1 aliphatic heterocycles. The molecule has 0 radical (unpaired) electrons. The zero-order valence-electron chi connectivity index (χ0n) is 15.8. The maximum absolute atomic E-state index is 13.1. The first-order chi connectivity index (χ1) is 13.7. The topological polar surface area (TPSA) is 75.2 Å². The molecule has 1 aromatic heterocycles. The number of likely N-dealkylation sites (tertiary alicyclic amines) is 1. The van der Waals surface area contributed by atoms with E-state index in [1.807, 2.05) is 42.2 Å². The van der Waals surface area contributed by atoms with E-state index in [4.69, 9.17) is 0 Å². The summed E-state index contributed by atoms with van der Waals surface area (Å²) in [5.41, 5.74) is 0.979. The fourth-order valence-electron chi connectivity index (χ4n) is 2.84. The monoisotopic (exact) mass is 436 g/mol. The highest BCUT2D eigenvalue weighted by Gasteiger charge is 2.29. The van der Waals surface area contributed by atoms with Gasteiger partial charge < -0.3 is 10.2 Å². The maximum Gasteiger partial charge on any atom is 0.240 e. The lowest BCUT2D eigenvalue weighted by Crippen LogP contribution is -2.31. The van der Waals surface area contributed by atoms with Gasteiger partial charge >= 0.3 is 0 Å². The number of carbonyl (C=O) groups excluding carboxylic acids is 2. The molecule has 0 aliphatic carbocycles. The number of hydrogen-bond donors (Lipinski definition) is 1. The quantitative estimate of drug-likeness (QED) is 0.605. The number of amides is 2. The van der Waals surface area contributed by atoms with Crippen molar-refractivity contribution >= 4 is 46.7 Å². The van der Waals surface area contributed by atoms with E-state index in [-0.39, 0.29) is 17.1 Å². The Morgan fingerprint density at radius 1 is 1.18 bits per heavy atom. The summed E-state index contributed by atoms with van der Waals surface area (Å²) in [4.78, 5) is 26.8. The van der Waals surface area contributed by atoms with Crippen LogP contribution in [-0.4, -0.2) is 52.3 Å². The summed E-state index contributed by atoms with van der Waals surface area (Å²) in [7, 11) is 0. The van der Waals surface area contributed by atoms with Gasteiger partial charge in [-0.1, -0.05) is 72.1 Å². The number of benzene rings is 1. The van der Waals surface area contributed by atoms with E-state index in [9.17, 15) is 9.59 Å². The van der Waals surface area contributed by atoms with Crippen molar-refractivity contribution in [1.29, 1.82) is 0 Å². The Morgan fingerprint density at radius 3 is 2.61 bits per heavy atom. The summed E-state index contributed by atoms with van der Waals surface area (Å²) in [5.74, 6) is 0.466. The number of rotatable bonds is 9. The van der Waals surface area contributed by atoms with Gasteiger partial charge in [-0.05, 0) is 24.8 Å². The summed E-state index contributed by atoms with van der Waals surface area (Å²) < 4.78 is 1.49. The van der Waals surface area contributed by atoms with Gasteiger partial charge in [0.2, 0.25) is 11.8 Å². The highest BCUT2D eigenvalue weighted by atomic mass is 32.2. The van der Waals surface area contributed by atoms with Crippen LogP contribution in [0.25, 0.3) is 0 Å². The fraction of sp³-hybridized carbons (Fsp3) is 0.474. The van der Waals surface area contributed by atoms with Crippen molar-refractivity contribution in [2.24, 2.45) is 0 Å².